The van der Waals surface area contributed by atoms with Crippen molar-refractivity contribution in [2.24, 2.45) is 5.92 Å². The normalized spacial score (nSPS) is 12.9. The number of unbranched alkanes of at least 4 members (excludes halogenated alkanes) is 1. The van der Waals surface area contributed by atoms with E-state index in [1.807, 2.05) is 6.92 Å². The average molecular weight is 380 g/mol. The number of benzene rings is 1. The second-order valence-electron chi connectivity index (χ2n) is 6.63. The molecule has 1 aromatic rings. The van der Waals surface area contributed by atoms with E-state index >= 15 is 0 Å². The standard InChI is InChI=1S/C19H28N2O6/c1-4-5-10-27-19(26)21-16(12(2)3)17(23)20-15(18(24)25)11-13-6-8-14(22)9-7-13/h6-9,12,15-16,22H,4-5,10-11H2,1-3H3,(H,20,23)(H,21,26)(H,24,25)/t15-,16-/m0/s1. The number of phenolic OH excluding ortho intramolecular Hbond substituents is 1. The largest absolute Gasteiger partial charge is 0.508 e. The Bertz CT molecular complexity index is 630. The van der Waals surface area contributed by atoms with E-state index in [0.29, 0.717) is 5.56 Å². The first kappa shape index (κ1) is 22.3. The van der Waals surface area contributed by atoms with E-state index in [1.54, 1.807) is 26.0 Å². The topological polar surface area (TPSA) is 125 Å². The zero-order valence-corrected chi connectivity index (χ0v) is 15.9. The fraction of sp³-hybridized carbons (Fsp3) is 0.526. The first-order valence-electron chi connectivity index (χ1n) is 8.99. The summed E-state index contributed by atoms with van der Waals surface area (Å²) in [7, 11) is 0. The Balaban J connectivity index is 2.73. The number of amides is 2. The Kier molecular flexibility index (Phi) is 9.12. The van der Waals surface area contributed by atoms with Crippen molar-refractivity contribution in [3.05, 3.63) is 29.8 Å². The number of alkyl carbamates (subject to hydrolysis) is 1. The lowest BCUT2D eigenvalue weighted by atomic mass is 10.0. The van der Waals surface area contributed by atoms with Crippen LogP contribution in [0.1, 0.15) is 39.2 Å². The average Bonchev–Trinajstić information content (AvgIpc) is 2.60. The van der Waals surface area contributed by atoms with Crippen molar-refractivity contribution in [1.29, 1.82) is 0 Å². The van der Waals surface area contributed by atoms with Crippen molar-refractivity contribution >= 4 is 18.0 Å². The molecule has 0 saturated heterocycles. The molecule has 0 saturated carbocycles. The molecule has 0 heterocycles. The molecule has 0 aromatic heterocycles. The summed E-state index contributed by atoms with van der Waals surface area (Å²) in [5, 5.41) is 23.7. The third kappa shape index (κ3) is 7.98. The van der Waals surface area contributed by atoms with Crippen LogP contribution in [0.25, 0.3) is 0 Å². The van der Waals surface area contributed by atoms with Crippen LogP contribution in [0.2, 0.25) is 0 Å². The van der Waals surface area contributed by atoms with Crippen molar-refractivity contribution < 1.29 is 29.3 Å². The summed E-state index contributed by atoms with van der Waals surface area (Å²) >= 11 is 0. The van der Waals surface area contributed by atoms with Gasteiger partial charge in [0.2, 0.25) is 5.91 Å². The number of rotatable bonds is 10. The van der Waals surface area contributed by atoms with Crippen LogP contribution in [0.4, 0.5) is 4.79 Å². The Morgan fingerprint density at radius 3 is 2.26 bits per heavy atom. The minimum Gasteiger partial charge on any atom is -0.508 e. The summed E-state index contributed by atoms with van der Waals surface area (Å²) in [5.41, 5.74) is 0.647. The number of aromatic hydroxyl groups is 1. The van der Waals surface area contributed by atoms with Crippen molar-refractivity contribution in [3.63, 3.8) is 0 Å². The van der Waals surface area contributed by atoms with Gasteiger partial charge in [-0.15, -0.1) is 0 Å². The van der Waals surface area contributed by atoms with E-state index in [4.69, 9.17) is 4.74 Å². The first-order valence-corrected chi connectivity index (χ1v) is 8.99. The highest BCUT2D eigenvalue weighted by atomic mass is 16.5. The lowest BCUT2D eigenvalue weighted by Crippen LogP contribution is -2.54. The van der Waals surface area contributed by atoms with Crippen LogP contribution in [0.5, 0.6) is 5.75 Å². The maximum absolute atomic E-state index is 12.5. The highest BCUT2D eigenvalue weighted by Gasteiger charge is 2.29. The van der Waals surface area contributed by atoms with Gasteiger partial charge in [-0.25, -0.2) is 9.59 Å². The molecule has 1 rings (SSSR count). The molecule has 27 heavy (non-hydrogen) atoms. The molecule has 2 atom stereocenters. The van der Waals surface area contributed by atoms with Crippen molar-refractivity contribution in [2.45, 2.75) is 52.1 Å². The third-order valence-electron chi connectivity index (χ3n) is 3.94. The summed E-state index contributed by atoms with van der Waals surface area (Å²) in [6.45, 7) is 5.71. The molecule has 0 aliphatic carbocycles. The van der Waals surface area contributed by atoms with E-state index in [0.717, 1.165) is 12.8 Å². The minimum absolute atomic E-state index is 0.0487. The lowest BCUT2D eigenvalue weighted by Gasteiger charge is -2.24. The number of ether oxygens (including phenoxy) is 1. The SMILES string of the molecule is CCCCOC(=O)N[C@H](C(=O)N[C@@H](Cc1ccc(O)cc1)C(=O)O)C(C)C. The van der Waals surface area contributed by atoms with Gasteiger partial charge in [-0.3, -0.25) is 4.79 Å². The molecule has 4 N–H and O–H groups in total. The smallest absolute Gasteiger partial charge is 0.407 e. The molecular formula is C19H28N2O6. The van der Waals surface area contributed by atoms with E-state index in [-0.39, 0.29) is 24.7 Å². The molecule has 0 bridgehead atoms. The molecule has 8 nitrogen and oxygen atoms in total. The van der Waals surface area contributed by atoms with Crippen LogP contribution >= 0.6 is 0 Å². The number of hydrogen-bond acceptors (Lipinski definition) is 5. The van der Waals surface area contributed by atoms with Gasteiger partial charge in [0.1, 0.15) is 17.8 Å². The van der Waals surface area contributed by atoms with Gasteiger partial charge in [0.25, 0.3) is 0 Å². The number of carbonyl (C=O) groups excluding carboxylic acids is 2. The van der Waals surface area contributed by atoms with Crippen LogP contribution in [-0.2, 0) is 20.7 Å². The quantitative estimate of drug-likeness (QED) is 0.461. The Labute approximate surface area is 158 Å². The summed E-state index contributed by atoms with van der Waals surface area (Å²) in [6.07, 6.45) is 0.939. The molecule has 2 amide bonds. The van der Waals surface area contributed by atoms with E-state index in [1.165, 1.54) is 12.1 Å². The summed E-state index contributed by atoms with van der Waals surface area (Å²) in [5.74, 6) is -1.97. The monoisotopic (exact) mass is 380 g/mol. The zero-order valence-electron chi connectivity index (χ0n) is 15.9. The van der Waals surface area contributed by atoms with E-state index < -0.39 is 30.1 Å². The van der Waals surface area contributed by atoms with Gasteiger partial charge in [-0.2, -0.15) is 0 Å². The Morgan fingerprint density at radius 1 is 1.11 bits per heavy atom. The molecule has 0 radical (unpaired) electrons. The maximum atomic E-state index is 12.5. The van der Waals surface area contributed by atoms with Gasteiger partial charge in [-0.05, 0) is 30.0 Å². The first-order chi connectivity index (χ1) is 12.7. The summed E-state index contributed by atoms with van der Waals surface area (Å²) < 4.78 is 5.00. The predicted octanol–water partition coefficient (Wildman–Crippen LogP) is 2.05. The molecule has 0 unspecified atom stereocenters. The number of aliphatic carboxylic acids is 1. The molecule has 0 fully saturated rings. The summed E-state index contributed by atoms with van der Waals surface area (Å²) in [4.78, 5) is 35.9. The molecule has 0 aliphatic heterocycles. The molecule has 0 spiro atoms. The fourth-order valence-electron chi connectivity index (χ4n) is 2.34. The number of carboxylic acids is 1. The van der Waals surface area contributed by atoms with Crippen LogP contribution < -0.4 is 10.6 Å². The van der Waals surface area contributed by atoms with Crippen molar-refractivity contribution in [2.75, 3.05) is 6.61 Å². The van der Waals surface area contributed by atoms with E-state index in [2.05, 4.69) is 10.6 Å². The molecule has 0 aliphatic rings. The number of hydrogen-bond donors (Lipinski definition) is 4. The predicted molar refractivity (Wildman–Crippen MR) is 99.4 cm³/mol. The van der Waals surface area contributed by atoms with Gasteiger partial charge in [0.05, 0.1) is 6.61 Å². The maximum Gasteiger partial charge on any atom is 0.407 e. The van der Waals surface area contributed by atoms with E-state index in [9.17, 15) is 24.6 Å². The van der Waals surface area contributed by atoms with Crippen LogP contribution in [-0.4, -0.2) is 46.9 Å². The number of carbonyl (C=O) groups is 3. The van der Waals surface area contributed by atoms with Crippen molar-refractivity contribution in [1.82, 2.24) is 10.6 Å². The van der Waals surface area contributed by atoms with Gasteiger partial charge in [0.15, 0.2) is 0 Å². The number of carboxylic acid groups (broad SMARTS) is 1. The highest BCUT2D eigenvalue weighted by Crippen LogP contribution is 2.12. The third-order valence-corrected chi connectivity index (χ3v) is 3.94. The second kappa shape index (κ2) is 11.1. The second-order valence-corrected chi connectivity index (χ2v) is 6.63. The lowest BCUT2D eigenvalue weighted by molar-refractivity contribution is -0.142. The van der Waals surface area contributed by atoms with Gasteiger partial charge in [0, 0.05) is 6.42 Å². The zero-order chi connectivity index (χ0) is 20.4. The molecular weight excluding hydrogens is 352 g/mol. The highest BCUT2D eigenvalue weighted by molar-refractivity contribution is 5.89. The number of nitrogens with one attached hydrogen (secondary N) is 2. The van der Waals surface area contributed by atoms with Gasteiger partial charge < -0.3 is 25.6 Å². The number of phenols is 1. The Hall–Kier alpha value is -2.77. The molecule has 1 aromatic carbocycles. The Morgan fingerprint density at radius 2 is 1.74 bits per heavy atom. The molecule has 8 heteroatoms. The minimum atomic E-state index is -1.19. The van der Waals surface area contributed by atoms with Crippen LogP contribution in [0.3, 0.4) is 0 Å². The molecule has 150 valence electrons. The van der Waals surface area contributed by atoms with Crippen molar-refractivity contribution in [3.8, 4) is 5.75 Å². The van der Waals surface area contributed by atoms with Gasteiger partial charge >= 0.3 is 12.1 Å². The fourth-order valence-corrected chi connectivity index (χ4v) is 2.34. The summed E-state index contributed by atoms with van der Waals surface area (Å²) in [6, 6.07) is 3.98. The van der Waals surface area contributed by atoms with Crippen LogP contribution in [0, 0.1) is 5.92 Å². The van der Waals surface area contributed by atoms with Gasteiger partial charge in [-0.1, -0.05) is 39.3 Å². The van der Waals surface area contributed by atoms with Crippen LogP contribution in [0.15, 0.2) is 24.3 Å².